The highest BCUT2D eigenvalue weighted by molar-refractivity contribution is 8.00. The number of fused-ring (bicyclic) bond motifs is 2. The van der Waals surface area contributed by atoms with Crippen LogP contribution in [-0.4, -0.2) is 21.6 Å². The number of benzene rings is 3. The van der Waals surface area contributed by atoms with E-state index < -0.39 is 0 Å². The van der Waals surface area contributed by atoms with E-state index in [0.717, 1.165) is 49.8 Å². The summed E-state index contributed by atoms with van der Waals surface area (Å²) in [6.07, 6.45) is 0.668. The van der Waals surface area contributed by atoms with Crippen molar-refractivity contribution < 1.29 is 9.53 Å². The number of carbonyl (C=O) groups excluding carboxylic acids is 1. The molecule has 0 bridgehead atoms. The lowest BCUT2D eigenvalue weighted by atomic mass is 10.0. The fourth-order valence-electron chi connectivity index (χ4n) is 4.12. The van der Waals surface area contributed by atoms with Gasteiger partial charge in [-0.05, 0) is 56.0 Å². The molecular formula is C29H27N3O2S. The van der Waals surface area contributed by atoms with Crippen LogP contribution in [0.4, 0.5) is 5.69 Å². The van der Waals surface area contributed by atoms with Crippen LogP contribution in [0.3, 0.4) is 0 Å². The Morgan fingerprint density at radius 3 is 2.49 bits per heavy atom. The van der Waals surface area contributed by atoms with Gasteiger partial charge in [-0.1, -0.05) is 71.9 Å². The third kappa shape index (κ3) is 4.80. The molecule has 0 unspecified atom stereocenters. The summed E-state index contributed by atoms with van der Waals surface area (Å²) < 4.78 is 6.30. The maximum Gasteiger partial charge on any atom is 0.234 e. The van der Waals surface area contributed by atoms with Crippen molar-refractivity contribution in [2.24, 2.45) is 0 Å². The molecule has 1 N–H and O–H groups in total. The average Bonchev–Trinajstić information content (AvgIpc) is 2.85. The van der Waals surface area contributed by atoms with E-state index in [1.807, 2.05) is 75.4 Å². The average molecular weight is 482 g/mol. The maximum absolute atomic E-state index is 12.8. The van der Waals surface area contributed by atoms with Crippen LogP contribution in [0.2, 0.25) is 0 Å². The first-order chi connectivity index (χ1) is 16.9. The van der Waals surface area contributed by atoms with E-state index in [9.17, 15) is 4.79 Å². The third-order valence-corrected chi connectivity index (χ3v) is 7.34. The Morgan fingerprint density at radius 2 is 1.69 bits per heavy atom. The molecule has 1 amide bonds. The number of aryl methyl sites for hydroxylation is 3. The summed E-state index contributed by atoms with van der Waals surface area (Å²) in [5.74, 6) is 2.19. The molecule has 35 heavy (non-hydrogen) atoms. The number of nitrogens with one attached hydrogen (secondary N) is 1. The Kier molecular flexibility index (Phi) is 6.31. The van der Waals surface area contributed by atoms with Gasteiger partial charge in [-0.2, -0.15) is 4.98 Å². The van der Waals surface area contributed by atoms with E-state index in [2.05, 4.69) is 18.3 Å². The van der Waals surface area contributed by atoms with Crippen LogP contribution in [-0.2, 0) is 11.2 Å². The van der Waals surface area contributed by atoms with Gasteiger partial charge in [0.25, 0.3) is 0 Å². The summed E-state index contributed by atoms with van der Waals surface area (Å²) in [4.78, 5) is 22.5. The first kappa shape index (κ1) is 23.1. The van der Waals surface area contributed by atoms with Crippen molar-refractivity contribution in [1.29, 1.82) is 0 Å². The molecule has 0 spiro atoms. The second-order valence-electron chi connectivity index (χ2n) is 8.93. The Balaban J connectivity index is 1.46. The van der Waals surface area contributed by atoms with Gasteiger partial charge in [-0.25, -0.2) is 4.98 Å². The largest absolute Gasteiger partial charge is 0.438 e. The molecule has 5 nitrogen and oxygen atoms in total. The molecule has 3 aromatic carbocycles. The minimum atomic E-state index is -0.0686. The molecule has 1 aliphatic rings. The van der Waals surface area contributed by atoms with Gasteiger partial charge in [-0.3, -0.25) is 4.79 Å². The van der Waals surface area contributed by atoms with Gasteiger partial charge in [0, 0.05) is 17.7 Å². The zero-order valence-electron chi connectivity index (χ0n) is 20.3. The van der Waals surface area contributed by atoms with E-state index >= 15 is 0 Å². The second kappa shape index (κ2) is 9.55. The molecule has 176 valence electrons. The van der Waals surface area contributed by atoms with Gasteiger partial charge in [0.1, 0.15) is 10.8 Å². The minimum Gasteiger partial charge on any atom is -0.438 e. The van der Waals surface area contributed by atoms with E-state index in [1.54, 1.807) is 0 Å². The number of thioether (sulfide) groups is 1. The molecule has 2 heterocycles. The summed E-state index contributed by atoms with van der Waals surface area (Å²) >= 11 is 1.42. The number of hydrogen-bond acceptors (Lipinski definition) is 5. The van der Waals surface area contributed by atoms with Gasteiger partial charge in [0.15, 0.2) is 5.82 Å². The number of amides is 1. The predicted molar refractivity (Wildman–Crippen MR) is 142 cm³/mol. The standard InChI is InChI=1S/C29H27N3O2S/c1-17-11-13-21(14-12-17)27-31-28-23(15-22-9-5-8-19(3)26(22)34-28)29(32-27)35-16-25(33)30-24-10-6-7-18(2)20(24)4/h5-14H,15-16H2,1-4H3,(H,30,33). The normalized spacial score (nSPS) is 11.9. The molecule has 0 radical (unpaired) electrons. The van der Waals surface area contributed by atoms with Gasteiger partial charge < -0.3 is 10.1 Å². The number of rotatable bonds is 5. The number of aromatic nitrogens is 2. The molecule has 6 heteroatoms. The highest BCUT2D eigenvalue weighted by Gasteiger charge is 2.25. The summed E-state index contributed by atoms with van der Waals surface area (Å²) in [7, 11) is 0. The number of nitrogens with zero attached hydrogens (tertiary/aromatic N) is 2. The first-order valence-corrected chi connectivity index (χ1v) is 12.6. The number of para-hydroxylation sites is 1. The van der Waals surface area contributed by atoms with Gasteiger partial charge >= 0.3 is 0 Å². The van der Waals surface area contributed by atoms with Crippen LogP contribution in [0.15, 0.2) is 65.7 Å². The smallest absolute Gasteiger partial charge is 0.234 e. The highest BCUT2D eigenvalue weighted by atomic mass is 32.2. The SMILES string of the molecule is Cc1ccc(-c2nc3c(c(SCC(=O)Nc4cccc(C)c4C)n2)Cc2cccc(C)c2O3)cc1. The first-order valence-electron chi connectivity index (χ1n) is 11.6. The van der Waals surface area contributed by atoms with Crippen LogP contribution < -0.4 is 10.1 Å². The summed E-state index contributed by atoms with van der Waals surface area (Å²) in [6, 6.07) is 20.2. The lowest BCUT2D eigenvalue weighted by Gasteiger charge is -2.23. The Hall–Kier alpha value is -3.64. The van der Waals surface area contributed by atoms with Crippen LogP contribution in [0.25, 0.3) is 11.4 Å². The second-order valence-corrected chi connectivity index (χ2v) is 9.89. The van der Waals surface area contributed by atoms with E-state index in [-0.39, 0.29) is 11.7 Å². The van der Waals surface area contributed by atoms with Crippen molar-refractivity contribution in [2.75, 3.05) is 11.1 Å². The van der Waals surface area contributed by atoms with Crippen molar-refractivity contribution in [3.8, 4) is 23.0 Å². The topological polar surface area (TPSA) is 64.1 Å². The molecule has 4 aromatic rings. The van der Waals surface area contributed by atoms with Crippen LogP contribution in [0.1, 0.15) is 33.4 Å². The fourth-order valence-corrected chi connectivity index (χ4v) is 4.95. The molecule has 0 saturated heterocycles. The Bertz CT molecular complexity index is 1430. The number of hydrogen-bond donors (Lipinski definition) is 1. The molecule has 0 atom stereocenters. The molecular weight excluding hydrogens is 454 g/mol. The molecule has 1 aliphatic heterocycles. The summed E-state index contributed by atoms with van der Waals surface area (Å²) in [6.45, 7) is 8.15. The quantitative estimate of drug-likeness (QED) is 0.221. The lowest BCUT2D eigenvalue weighted by molar-refractivity contribution is -0.113. The van der Waals surface area contributed by atoms with Crippen molar-refractivity contribution in [3.63, 3.8) is 0 Å². The molecule has 0 saturated carbocycles. The van der Waals surface area contributed by atoms with E-state index in [1.165, 1.54) is 17.3 Å². The van der Waals surface area contributed by atoms with Crippen molar-refractivity contribution in [3.05, 3.63) is 94.0 Å². The lowest BCUT2D eigenvalue weighted by Crippen LogP contribution is -2.16. The minimum absolute atomic E-state index is 0.0686. The van der Waals surface area contributed by atoms with E-state index in [4.69, 9.17) is 14.7 Å². The van der Waals surface area contributed by atoms with Crippen molar-refractivity contribution in [2.45, 2.75) is 39.1 Å². The summed E-state index contributed by atoms with van der Waals surface area (Å²) in [5.41, 5.74) is 8.25. The zero-order chi connectivity index (χ0) is 24.5. The van der Waals surface area contributed by atoms with Crippen LogP contribution in [0, 0.1) is 27.7 Å². The molecule has 0 fully saturated rings. The van der Waals surface area contributed by atoms with E-state index in [0.29, 0.717) is 18.1 Å². The Morgan fingerprint density at radius 1 is 0.943 bits per heavy atom. The van der Waals surface area contributed by atoms with Gasteiger partial charge in [-0.15, -0.1) is 0 Å². The highest BCUT2D eigenvalue weighted by Crippen LogP contribution is 2.41. The van der Waals surface area contributed by atoms with Gasteiger partial charge in [0.2, 0.25) is 11.8 Å². The molecule has 0 aliphatic carbocycles. The zero-order valence-corrected chi connectivity index (χ0v) is 21.1. The van der Waals surface area contributed by atoms with Gasteiger partial charge in [0.05, 0.1) is 11.3 Å². The van der Waals surface area contributed by atoms with Crippen molar-refractivity contribution >= 4 is 23.4 Å². The monoisotopic (exact) mass is 481 g/mol. The Labute approximate surface area is 210 Å². The van der Waals surface area contributed by atoms with Crippen LogP contribution in [0.5, 0.6) is 11.6 Å². The number of anilines is 1. The van der Waals surface area contributed by atoms with Crippen molar-refractivity contribution in [1.82, 2.24) is 9.97 Å². The number of ether oxygens (including phenoxy) is 1. The predicted octanol–water partition coefficient (Wildman–Crippen LogP) is 6.80. The summed E-state index contributed by atoms with van der Waals surface area (Å²) in [5, 5.41) is 3.81. The third-order valence-electron chi connectivity index (χ3n) is 6.32. The van der Waals surface area contributed by atoms with Crippen LogP contribution >= 0.6 is 11.8 Å². The molecule has 5 rings (SSSR count). The number of carbonyl (C=O) groups is 1. The maximum atomic E-state index is 12.8. The fraction of sp³-hybridized carbons (Fsp3) is 0.207. The molecule has 1 aromatic heterocycles.